The van der Waals surface area contributed by atoms with Gasteiger partial charge in [0.1, 0.15) is 0 Å². The lowest BCUT2D eigenvalue weighted by Crippen LogP contribution is -2.18. The van der Waals surface area contributed by atoms with Gasteiger partial charge in [0.25, 0.3) is 10.0 Å². The summed E-state index contributed by atoms with van der Waals surface area (Å²) in [7, 11) is -3.95. The molecule has 2 aromatic heterocycles. The molecule has 0 unspecified atom stereocenters. The van der Waals surface area contributed by atoms with E-state index in [1.165, 1.54) is 0 Å². The van der Waals surface area contributed by atoms with Crippen molar-refractivity contribution in [2.24, 2.45) is 0 Å². The molecule has 2 heterocycles. The lowest BCUT2D eigenvalue weighted by molar-refractivity contribution is 0.580. The second-order valence-electron chi connectivity index (χ2n) is 6.65. The third-order valence-corrected chi connectivity index (χ3v) is 6.20. The topological polar surface area (TPSA) is 89.8 Å². The quantitative estimate of drug-likeness (QED) is 0.485. The minimum atomic E-state index is -3.95. The van der Waals surface area contributed by atoms with E-state index in [0.29, 0.717) is 17.1 Å². The van der Waals surface area contributed by atoms with Crippen molar-refractivity contribution in [3.63, 3.8) is 0 Å². The first-order chi connectivity index (χ1) is 14.4. The lowest BCUT2D eigenvalue weighted by atomic mass is 10.2. The zero-order valence-corrected chi connectivity index (χ0v) is 17.6. The number of aromatic nitrogens is 4. The molecule has 0 fully saturated rings. The van der Waals surface area contributed by atoms with Crippen LogP contribution in [-0.2, 0) is 16.6 Å². The maximum atomic E-state index is 13.3. The van der Waals surface area contributed by atoms with E-state index in [4.69, 9.17) is 11.6 Å². The molecule has 1 N–H and O–H groups in total. The number of hydrogen-bond acceptors (Lipinski definition) is 6. The summed E-state index contributed by atoms with van der Waals surface area (Å²) in [6.45, 7) is 2.22. The van der Waals surface area contributed by atoms with E-state index >= 15 is 0 Å². The molecule has 0 saturated heterocycles. The molecule has 7 nitrogen and oxygen atoms in total. The molecule has 152 valence electrons. The molecule has 0 aliphatic heterocycles. The largest absolute Gasteiger partial charge is 0.349 e. The van der Waals surface area contributed by atoms with E-state index in [0.717, 1.165) is 15.2 Å². The third kappa shape index (κ3) is 4.19. The van der Waals surface area contributed by atoms with Gasteiger partial charge >= 0.3 is 0 Å². The van der Waals surface area contributed by atoms with E-state index in [1.54, 1.807) is 60.9 Å². The zero-order chi connectivity index (χ0) is 21.1. The molecule has 30 heavy (non-hydrogen) atoms. The summed E-state index contributed by atoms with van der Waals surface area (Å²) in [6.07, 6.45) is 3.21. The van der Waals surface area contributed by atoms with Crippen LogP contribution in [0.15, 0.2) is 78.0 Å². The normalized spacial score (nSPS) is 11.4. The summed E-state index contributed by atoms with van der Waals surface area (Å²) in [5.41, 5.74) is 2.46. The first-order valence-corrected chi connectivity index (χ1v) is 10.9. The van der Waals surface area contributed by atoms with Crippen molar-refractivity contribution in [1.29, 1.82) is 0 Å². The number of nitrogens with one attached hydrogen (secondary N) is 1. The summed E-state index contributed by atoms with van der Waals surface area (Å²) < 4.78 is 27.4. The summed E-state index contributed by atoms with van der Waals surface area (Å²) in [5, 5.41) is 7.93. The van der Waals surface area contributed by atoms with Crippen molar-refractivity contribution >= 4 is 27.6 Å². The molecule has 4 rings (SSSR count). The zero-order valence-electron chi connectivity index (χ0n) is 16.0. The monoisotopic (exact) mass is 439 g/mol. The van der Waals surface area contributed by atoms with E-state index in [1.807, 2.05) is 19.1 Å². The molecule has 0 saturated carbocycles. The van der Waals surface area contributed by atoms with Crippen molar-refractivity contribution in [3.8, 4) is 11.4 Å². The van der Waals surface area contributed by atoms with Crippen molar-refractivity contribution in [2.75, 3.05) is 5.32 Å². The molecule has 0 radical (unpaired) electrons. The van der Waals surface area contributed by atoms with Crippen LogP contribution in [0, 0.1) is 6.92 Å². The fourth-order valence-electron chi connectivity index (χ4n) is 2.83. The van der Waals surface area contributed by atoms with E-state index in [9.17, 15) is 8.42 Å². The van der Waals surface area contributed by atoms with E-state index < -0.39 is 10.0 Å². The summed E-state index contributed by atoms with van der Waals surface area (Å²) >= 11 is 6.04. The number of pyridine rings is 1. The molecule has 0 amide bonds. The molecule has 0 atom stereocenters. The smallest absolute Gasteiger partial charge is 0.286 e. The average Bonchev–Trinajstić information content (AvgIpc) is 3.19. The fraction of sp³-hybridized carbons (Fsp3) is 0.0952. The van der Waals surface area contributed by atoms with Crippen LogP contribution in [-0.4, -0.2) is 27.6 Å². The number of aryl methyl sites for hydroxylation is 1. The van der Waals surface area contributed by atoms with E-state index in [2.05, 4.69) is 20.4 Å². The molecule has 0 spiro atoms. The third-order valence-electron chi connectivity index (χ3n) is 4.38. The van der Waals surface area contributed by atoms with Crippen molar-refractivity contribution in [3.05, 3.63) is 89.2 Å². The minimum Gasteiger partial charge on any atom is -0.349 e. The van der Waals surface area contributed by atoms with Crippen molar-refractivity contribution in [1.82, 2.24) is 19.2 Å². The highest BCUT2D eigenvalue weighted by Crippen LogP contribution is 2.23. The Bertz CT molecular complexity index is 1270. The van der Waals surface area contributed by atoms with Gasteiger partial charge < -0.3 is 5.32 Å². The van der Waals surface area contributed by atoms with Gasteiger partial charge in [-0.3, -0.25) is 4.98 Å². The van der Waals surface area contributed by atoms with Gasteiger partial charge in [-0.25, -0.2) is 0 Å². The maximum absolute atomic E-state index is 13.3. The van der Waals surface area contributed by atoms with E-state index in [-0.39, 0.29) is 16.7 Å². The van der Waals surface area contributed by atoms with Crippen LogP contribution >= 0.6 is 11.6 Å². The number of hydrogen-bond donors (Lipinski definition) is 1. The maximum Gasteiger partial charge on any atom is 0.286 e. The van der Waals surface area contributed by atoms with Crippen LogP contribution in [0.4, 0.5) is 5.95 Å². The molecular formula is C21H18ClN5O2S. The van der Waals surface area contributed by atoms with Crippen LogP contribution in [0.3, 0.4) is 0 Å². The highest BCUT2D eigenvalue weighted by Gasteiger charge is 2.24. The van der Waals surface area contributed by atoms with Crippen LogP contribution in [0.25, 0.3) is 11.4 Å². The number of anilines is 1. The van der Waals surface area contributed by atoms with Gasteiger partial charge in [-0.1, -0.05) is 41.4 Å². The van der Waals surface area contributed by atoms with Gasteiger partial charge in [0.15, 0.2) is 5.82 Å². The number of benzene rings is 2. The Morgan fingerprint density at radius 1 is 1.07 bits per heavy atom. The molecule has 2 aromatic carbocycles. The fourth-order valence-corrected chi connectivity index (χ4v) is 4.24. The highest BCUT2D eigenvalue weighted by molar-refractivity contribution is 7.90. The standard InChI is InChI=1S/C21H18ClN5O2S/c1-15-7-9-19(10-8-15)30(28,29)27-21(24-13-16-4-2-6-18(22)12-16)25-20(26-27)17-5-3-11-23-14-17/h2-12,14H,13H2,1H3,(H,24,25,26). The van der Waals surface area contributed by atoms with Gasteiger partial charge in [-0.05, 0) is 48.9 Å². The average molecular weight is 440 g/mol. The number of nitrogens with zero attached hydrogens (tertiary/aromatic N) is 4. The Balaban J connectivity index is 1.75. The first-order valence-electron chi connectivity index (χ1n) is 9.11. The van der Waals surface area contributed by atoms with Gasteiger partial charge in [-0.2, -0.15) is 13.4 Å². The number of rotatable bonds is 6. The Hall–Kier alpha value is -3.23. The van der Waals surface area contributed by atoms with Crippen LogP contribution in [0.1, 0.15) is 11.1 Å². The Labute approximate surface area is 179 Å². The summed E-state index contributed by atoms with van der Waals surface area (Å²) in [5.74, 6) is 0.363. The van der Waals surface area contributed by atoms with Crippen LogP contribution in [0.2, 0.25) is 5.02 Å². The molecule has 0 aliphatic carbocycles. The Kier molecular flexibility index (Phi) is 5.52. The highest BCUT2D eigenvalue weighted by atomic mass is 35.5. The van der Waals surface area contributed by atoms with Gasteiger partial charge in [0, 0.05) is 29.5 Å². The van der Waals surface area contributed by atoms with Crippen LogP contribution < -0.4 is 5.32 Å². The summed E-state index contributed by atoms with van der Waals surface area (Å²) in [4.78, 5) is 8.60. The SMILES string of the molecule is Cc1ccc(S(=O)(=O)n2nc(-c3cccnc3)nc2NCc2cccc(Cl)c2)cc1. The lowest BCUT2D eigenvalue weighted by Gasteiger charge is -2.09. The van der Waals surface area contributed by atoms with Gasteiger partial charge in [0.2, 0.25) is 5.95 Å². The minimum absolute atomic E-state index is 0.106. The molecule has 0 aliphatic rings. The predicted octanol–water partition coefficient (Wildman–Crippen LogP) is 4.15. The first kappa shape index (κ1) is 20.1. The number of halogens is 1. The Morgan fingerprint density at radius 2 is 1.87 bits per heavy atom. The predicted molar refractivity (Wildman–Crippen MR) is 116 cm³/mol. The van der Waals surface area contributed by atoms with Crippen LogP contribution in [0.5, 0.6) is 0 Å². The van der Waals surface area contributed by atoms with Crippen molar-refractivity contribution < 1.29 is 8.42 Å². The second-order valence-corrected chi connectivity index (χ2v) is 8.85. The Morgan fingerprint density at radius 3 is 2.57 bits per heavy atom. The molecular weight excluding hydrogens is 422 g/mol. The second kappa shape index (κ2) is 8.25. The van der Waals surface area contributed by atoms with Gasteiger partial charge in [0.05, 0.1) is 4.90 Å². The molecule has 0 bridgehead atoms. The molecule has 9 heteroatoms. The summed E-state index contributed by atoms with van der Waals surface area (Å²) in [6, 6.07) is 17.4. The van der Waals surface area contributed by atoms with Gasteiger partial charge in [-0.15, -0.1) is 9.19 Å². The molecule has 4 aromatic rings. The van der Waals surface area contributed by atoms with Crippen molar-refractivity contribution in [2.45, 2.75) is 18.4 Å².